The molecule has 0 atom stereocenters. The highest BCUT2D eigenvalue weighted by Crippen LogP contribution is 2.24. The molecule has 1 aromatic carbocycles. The van der Waals surface area contributed by atoms with Crippen molar-refractivity contribution in [1.82, 2.24) is 0 Å². The minimum atomic E-state index is 0.737. The summed E-state index contributed by atoms with van der Waals surface area (Å²) >= 11 is 12.1. The molecule has 0 bridgehead atoms. The number of rotatable bonds is 0. The lowest BCUT2D eigenvalue weighted by Gasteiger charge is -1.96. The maximum Gasteiger partial charge on any atom is 0.0672 e. The van der Waals surface area contributed by atoms with Gasteiger partial charge in [0.1, 0.15) is 0 Å². The molecule has 0 spiro atoms. The Bertz CT molecular complexity index is 204. The van der Waals surface area contributed by atoms with Gasteiger partial charge >= 0.3 is 0 Å². The van der Waals surface area contributed by atoms with Crippen molar-refractivity contribution in [3.63, 3.8) is 0 Å². The summed E-state index contributed by atoms with van der Waals surface area (Å²) in [7, 11) is 0. The number of hydrogen-bond acceptors (Lipinski definition) is 1. The lowest BCUT2D eigenvalue weighted by molar-refractivity contribution is 1.44. The predicted molar refractivity (Wildman–Crippen MR) is 51.4 cm³/mol. The summed E-state index contributed by atoms with van der Waals surface area (Å²) in [6, 6.07) is 5.74. The van der Waals surface area contributed by atoms with Gasteiger partial charge in [-0.1, -0.05) is 17.7 Å². The molecule has 0 N–H and O–H groups in total. The Labute approximate surface area is 78.2 Å². The van der Waals surface area contributed by atoms with Crippen LogP contribution in [0.5, 0.6) is 0 Å². The molecule has 1 rings (SSSR count). The molecular weight excluding hydrogens is 266 g/mol. The minimum Gasteiger partial charge on any atom is -0.142 e. The molecule has 48 valence electrons. The first-order valence-corrected chi connectivity index (χ1v) is 4.25. The molecule has 0 saturated carbocycles. The largest absolute Gasteiger partial charge is 0.142 e. The fourth-order valence-electron chi connectivity index (χ4n) is 0.492. The van der Waals surface area contributed by atoms with Gasteiger partial charge in [0, 0.05) is 8.47 Å². The third kappa shape index (κ3) is 1.75. The SMILES string of the molecule is Sc1cccc(I)c1Cl. The maximum absolute atomic E-state index is 5.79. The van der Waals surface area contributed by atoms with E-state index in [0.29, 0.717) is 0 Å². The van der Waals surface area contributed by atoms with Gasteiger partial charge in [-0.15, -0.1) is 12.6 Å². The molecule has 0 fully saturated rings. The van der Waals surface area contributed by atoms with Crippen LogP contribution in [-0.4, -0.2) is 0 Å². The van der Waals surface area contributed by atoms with Crippen LogP contribution in [0, 0.1) is 3.57 Å². The summed E-state index contributed by atoms with van der Waals surface area (Å²) in [5.41, 5.74) is 0. The van der Waals surface area contributed by atoms with Crippen molar-refractivity contribution in [3.05, 3.63) is 26.8 Å². The van der Waals surface area contributed by atoms with Crippen LogP contribution in [0.15, 0.2) is 23.1 Å². The smallest absolute Gasteiger partial charge is 0.0672 e. The minimum absolute atomic E-state index is 0.737. The lowest BCUT2D eigenvalue weighted by Crippen LogP contribution is -1.73. The van der Waals surface area contributed by atoms with E-state index in [1.54, 1.807) is 0 Å². The standard InChI is InChI=1S/C6H4ClIS/c7-6-4(8)2-1-3-5(6)9/h1-3,9H. The van der Waals surface area contributed by atoms with Gasteiger partial charge in [-0.25, -0.2) is 0 Å². The van der Waals surface area contributed by atoms with E-state index in [1.165, 1.54) is 0 Å². The Morgan fingerprint density at radius 1 is 1.44 bits per heavy atom. The number of thiol groups is 1. The molecule has 0 saturated heterocycles. The number of halogens is 2. The van der Waals surface area contributed by atoms with E-state index >= 15 is 0 Å². The van der Waals surface area contributed by atoms with E-state index in [2.05, 4.69) is 35.2 Å². The van der Waals surface area contributed by atoms with Crippen LogP contribution in [0.2, 0.25) is 5.02 Å². The van der Waals surface area contributed by atoms with Gasteiger partial charge in [-0.2, -0.15) is 0 Å². The second-order valence-corrected chi connectivity index (χ2v) is 3.59. The zero-order valence-corrected chi connectivity index (χ0v) is 8.24. The lowest BCUT2D eigenvalue weighted by atomic mass is 10.4. The maximum atomic E-state index is 5.79. The summed E-state index contributed by atoms with van der Waals surface area (Å²) in [5.74, 6) is 0. The summed E-state index contributed by atoms with van der Waals surface area (Å²) in [4.78, 5) is 0.837. The second-order valence-electron chi connectivity index (χ2n) is 1.57. The third-order valence-electron chi connectivity index (χ3n) is 0.931. The van der Waals surface area contributed by atoms with Crippen LogP contribution in [0.25, 0.3) is 0 Å². The molecule has 0 unspecified atom stereocenters. The molecule has 1 aromatic rings. The van der Waals surface area contributed by atoms with Crippen molar-refractivity contribution in [3.8, 4) is 0 Å². The average molecular weight is 271 g/mol. The molecule has 0 nitrogen and oxygen atoms in total. The first kappa shape index (κ1) is 7.69. The Kier molecular flexibility index (Phi) is 2.67. The topological polar surface area (TPSA) is 0 Å². The highest BCUT2D eigenvalue weighted by molar-refractivity contribution is 14.1. The summed E-state index contributed by atoms with van der Waals surface area (Å²) in [6.07, 6.45) is 0. The molecule has 3 heteroatoms. The molecule has 9 heavy (non-hydrogen) atoms. The molecule has 0 aliphatic rings. The molecule has 0 aromatic heterocycles. The van der Waals surface area contributed by atoms with Gasteiger partial charge in [-0.05, 0) is 34.7 Å². The Balaban J connectivity index is 3.25. The highest BCUT2D eigenvalue weighted by atomic mass is 127. The molecule has 0 aliphatic carbocycles. The van der Waals surface area contributed by atoms with Crippen molar-refractivity contribution < 1.29 is 0 Å². The van der Waals surface area contributed by atoms with E-state index in [1.807, 2.05) is 18.2 Å². The van der Waals surface area contributed by atoms with E-state index in [0.717, 1.165) is 13.5 Å². The summed E-state index contributed by atoms with van der Waals surface area (Å²) in [5, 5.41) is 0.737. The van der Waals surface area contributed by atoms with Gasteiger partial charge in [-0.3, -0.25) is 0 Å². The van der Waals surface area contributed by atoms with Crippen LogP contribution < -0.4 is 0 Å². The second kappa shape index (κ2) is 3.12. The quantitative estimate of drug-likeness (QED) is 0.543. The fraction of sp³-hybridized carbons (Fsp3) is 0. The Morgan fingerprint density at radius 2 is 2.11 bits per heavy atom. The van der Waals surface area contributed by atoms with Crippen molar-refractivity contribution in [2.45, 2.75) is 4.90 Å². The zero-order chi connectivity index (χ0) is 6.85. The third-order valence-corrected chi connectivity index (χ3v) is 3.06. The Hall–Kier alpha value is 0.590. The Morgan fingerprint density at radius 3 is 2.56 bits per heavy atom. The van der Waals surface area contributed by atoms with Crippen molar-refractivity contribution in [2.75, 3.05) is 0 Å². The molecular formula is C6H4ClIS. The van der Waals surface area contributed by atoms with Crippen LogP contribution in [-0.2, 0) is 0 Å². The number of benzene rings is 1. The van der Waals surface area contributed by atoms with Gasteiger partial charge in [0.05, 0.1) is 5.02 Å². The van der Waals surface area contributed by atoms with Crippen LogP contribution in [0.3, 0.4) is 0 Å². The van der Waals surface area contributed by atoms with Crippen LogP contribution >= 0.6 is 46.8 Å². The molecule has 0 aliphatic heterocycles. The summed E-state index contributed by atoms with van der Waals surface area (Å²) < 4.78 is 1.04. The zero-order valence-electron chi connectivity index (χ0n) is 4.44. The molecule has 0 amide bonds. The number of hydrogen-bond donors (Lipinski definition) is 1. The van der Waals surface area contributed by atoms with E-state index in [9.17, 15) is 0 Å². The van der Waals surface area contributed by atoms with Crippen molar-refractivity contribution in [2.24, 2.45) is 0 Å². The van der Waals surface area contributed by atoms with E-state index in [4.69, 9.17) is 11.6 Å². The highest BCUT2D eigenvalue weighted by Gasteiger charge is 1.97. The predicted octanol–water partition coefficient (Wildman–Crippen LogP) is 3.23. The molecule has 0 heterocycles. The monoisotopic (exact) mass is 270 g/mol. The first-order valence-electron chi connectivity index (χ1n) is 2.35. The molecule has 0 radical (unpaired) electrons. The van der Waals surface area contributed by atoms with Gasteiger partial charge in [0.25, 0.3) is 0 Å². The fourth-order valence-corrected chi connectivity index (χ4v) is 1.54. The summed E-state index contributed by atoms with van der Waals surface area (Å²) in [6.45, 7) is 0. The van der Waals surface area contributed by atoms with Crippen LogP contribution in [0.1, 0.15) is 0 Å². The van der Waals surface area contributed by atoms with Gasteiger partial charge in [0.2, 0.25) is 0 Å². The van der Waals surface area contributed by atoms with E-state index < -0.39 is 0 Å². The van der Waals surface area contributed by atoms with Gasteiger partial charge in [0.15, 0.2) is 0 Å². The average Bonchev–Trinajstić information content (AvgIpc) is 1.83. The first-order chi connectivity index (χ1) is 4.22. The van der Waals surface area contributed by atoms with Crippen LogP contribution in [0.4, 0.5) is 0 Å². The van der Waals surface area contributed by atoms with Crippen molar-refractivity contribution >= 4 is 46.8 Å². The normalized spacial score (nSPS) is 9.67. The van der Waals surface area contributed by atoms with Crippen molar-refractivity contribution in [1.29, 1.82) is 0 Å². The van der Waals surface area contributed by atoms with E-state index in [-0.39, 0.29) is 0 Å². The van der Waals surface area contributed by atoms with Gasteiger partial charge < -0.3 is 0 Å².